The molecule has 0 bridgehead atoms. The van der Waals surface area contributed by atoms with E-state index in [1.165, 1.54) is 0 Å². The van der Waals surface area contributed by atoms with Gasteiger partial charge >= 0.3 is 0 Å². The van der Waals surface area contributed by atoms with Crippen molar-refractivity contribution in [3.8, 4) is 6.07 Å². The van der Waals surface area contributed by atoms with Crippen molar-refractivity contribution >= 4 is 11.4 Å². The van der Waals surface area contributed by atoms with Gasteiger partial charge in [-0.3, -0.25) is 4.68 Å². The molecule has 5 heteroatoms. The molecule has 3 N–H and O–H groups in total. The van der Waals surface area contributed by atoms with E-state index in [0.29, 0.717) is 11.3 Å². The zero-order chi connectivity index (χ0) is 13.0. The van der Waals surface area contributed by atoms with Crippen LogP contribution >= 0.6 is 0 Å². The third-order valence-electron chi connectivity index (χ3n) is 2.61. The third-order valence-corrected chi connectivity index (χ3v) is 2.61. The molecule has 0 saturated heterocycles. The van der Waals surface area contributed by atoms with Crippen LogP contribution in [0.15, 0.2) is 30.6 Å². The number of hydrogen-bond acceptors (Lipinski definition) is 4. The summed E-state index contributed by atoms with van der Waals surface area (Å²) in [7, 11) is 0. The van der Waals surface area contributed by atoms with Crippen molar-refractivity contribution in [2.45, 2.75) is 13.5 Å². The minimum atomic E-state index is 0.495. The quantitative estimate of drug-likeness (QED) is 0.799. The molecular formula is C13H15N5. The molecule has 0 aliphatic heterocycles. The maximum Gasteiger partial charge on any atom is 0.101 e. The number of anilines is 2. The maximum absolute atomic E-state index is 8.88. The van der Waals surface area contributed by atoms with Crippen molar-refractivity contribution in [1.82, 2.24) is 9.78 Å². The van der Waals surface area contributed by atoms with E-state index >= 15 is 0 Å². The highest BCUT2D eigenvalue weighted by Gasteiger charge is 2.00. The molecule has 0 radical (unpaired) electrons. The van der Waals surface area contributed by atoms with Crippen molar-refractivity contribution in [3.63, 3.8) is 0 Å². The van der Waals surface area contributed by atoms with Gasteiger partial charge in [0, 0.05) is 24.1 Å². The number of nitrogen functional groups attached to an aromatic ring is 1. The zero-order valence-electron chi connectivity index (χ0n) is 10.2. The first-order chi connectivity index (χ1) is 8.69. The number of aryl methyl sites for hydroxylation is 1. The highest BCUT2D eigenvalue weighted by molar-refractivity contribution is 5.61. The van der Waals surface area contributed by atoms with E-state index in [1.807, 2.05) is 30.1 Å². The number of hydrogen-bond donors (Lipinski definition) is 2. The summed E-state index contributed by atoms with van der Waals surface area (Å²) < 4.78 is 1.88. The molecule has 5 nitrogen and oxygen atoms in total. The SMILES string of the molecule is Cc1cnn(CCNc2ccc(N)c(C#N)c2)c1. The topological polar surface area (TPSA) is 79.7 Å². The Bertz CT molecular complexity index is 579. The van der Waals surface area contributed by atoms with Gasteiger partial charge in [0.25, 0.3) is 0 Å². The lowest BCUT2D eigenvalue weighted by atomic mass is 10.2. The Labute approximate surface area is 106 Å². The molecule has 2 rings (SSSR count). The smallest absolute Gasteiger partial charge is 0.101 e. The van der Waals surface area contributed by atoms with Crippen LogP contribution in [0.1, 0.15) is 11.1 Å². The van der Waals surface area contributed by atoms with Gasteiger partial charge in [0.15, 0.2) is 0 Å². The molecule has 1 aromatic heterocycles. The summed E-state index contributed by atoms with van der Waals surface area (Å²) in [5.74, 6) is 0. The van der Waals surface area contributed by atoms with Crippen LogP contribution in [0.5, 0.6) is 0 Å². The molecule has 0 saturated carbocycles. The predicted molar refractivity (Wildman–Crippen MR) is 71.0 cm³/mol. The van der Waals surface area contributed by atoms with Gasteiger partial charge in [0.1, 0.15) is 6.07 Å². The van der Waals surface area contributed by atoms with Crippen LogP contribution in [-0.2, 0) is 6.54 Å². The summed E-state index contributed by atoms with van der Waals surface area (Å²) in [4.78, 5) is 0. The Morgan fingerprint density at radius 2 is 2.33 bits per heavy atom. The van der Waals surface area contributed by atoms with E-state index in [9.17, 15) is 0 Å². The van der Waals surface area contributed by atoms with E-state index in [2.05, 4.69) is 16.5 Å². The van der Waals surface area contributed by atoms with Crippen LogP contribution in [0.3, 0.4) is 0 Å². The molecule has 2 aromatic rings. The third kappa shape index (κ3) is 2.80. The first-order valence-electron chi connectivity index (χ1n) is 5.71. The number of nitrogens with two attached hydrogens (primary N) is 1. The van der Waals surface area contributed by atoms with Gasteiger partial charge in [-0.2, -0.15) is 10.4 Å². The first kappa shape index (κ1) is 12.0. The fourth-order valence-electron chi connectivity index (χ4n) is 1.67. The van der Waals surface area contributed by atoms with Crippen molar-refractivity contribution in [2.75, 3.05) is 17.6 Å². The molecule has 1 heterocycles. The summed E-state index contributed by atoms with van der Waals surface area (Å²) in [6.45, 7) is 3.53. The molecule has 18 heavy (non-hydrogen) atoms. The lowest BCUT2D eigenvalue weighted by Gasteiger charge is -2.07. The van der Waals surface area contributed by atoms with Gasteiger partial charge in [0.05, 0.1) is 18.3 Å². The number of nitrogens with one attached hydrogen (secondary N) is 1. The van der Waals surface area contributed by atoms with Crippen molar-refractivity contribution in [1.29, 1.82) is 5.26 Å². The van der Waals surface area contributed by atoms with Gasteiger partial charge in [-0.15, -0.1) is 0 Å². The normalized spacial score (nSPS) is 10.0. The lowest BCUT2D eigenvalue weighted by molar-refractivity contribution is 0.637. The molecule has 1 aromatic carbocycles. The number of nitrogens with zero attached hydrogens (tertiary/aromatic N) is 3. The Morgan fingerprint density at radius 1 is 1.50 bits per heavy atom. The Morgan fingerprint density at radius 3 is 3.00 bits per heavy atom. The monoisotopic (exact) mass is 241 g/mol. The van der Waals surface area contributed by atoms with Crippen LogP contribution in [-0.4, -0.2) is 16.3 Å². The molecular weight excluding hydrogens is 226 g/mol. The average molecular weight is 241 g/mol. The second-order valence-corrected chi connectivity index (χ2v) is 4.12. The number of benzene rings is 1. The van der Waals surface area contributed by atoms with Gasteiger partial charge in [-0.1, -0.05) is 0 Å². The predicted octanol–water partition coefficient (Wildman–Crippen LogP) is 1.76. The number of rotatable bonds is 4. The van der Waals surface area contributed by atoms with Gasteiger partial charge in [-0.05, 0) is 30.7 Å². The highest BCUT2D eigenvalue weighted by atomic mass is 15.3. The summed E-state index contributed by atoms with van der Waals surface area (Å²) in [5.41, 5.74) is 8.70. The van der Waals surface area contributed by atoms with Crippen molar-refractivity contribution < 1.29 is 0 Å². The van der Waals surface area contributed by atoms with Crippen molar-refractivity contribution in [3.05, 3.63) is 41.7 Å². The highest BCUT2D eigenvalue weighted by Crippen LogP contribution is 2.16. The molecule has 0 aliphatic carbocycles. The number of aromatic nitrogens is 2. The van der Waals surface area contributed by atoms with Crippen molar-refractivity contribution in [2.24, 2.45) is 0 Å². The maximum atomic E-state index is 8.88. The molecule has 0 unspecified atom stereocenters. The average Bonchev–Trinajstić information content (AvgIpc) is 2.77. The zero-order valence-corrected chi connectivity index (χ0v) is 10.2. The molecule has 0 spiro atoms. The van der Waals surface area contributed by atoms with Crippen LogP contribution < -0.4 is 11.1 Å². The fraction of sp³-hybridized carbons (Fsp3) is 0.231. The van der Waals surface area contributed by atoms with E-state index in [4.69, 9.17) is 11.0 Å². The largest absolute Gasteiger partial charge is 0.398 e. The molecule has 0 aliphatic rings. The number of nitriles is 1. The molecule has 0 amide bonds. The Balaban J connectivity index is 1.93. The molecule has 0 atom stereocenters. The minimum Gasteiger partial charge on any atom is -0.398 e. The van der Waals surface area contributed by atoms with E-state index in [1.54, 1.807) is 12.1 Å². The summed E-state index contributed by atoms with van der Waals surface area (Å²) in [5, 5.41) is 16.3. The van der Waals surface area contributed by atoms with Crippen LogP contribution in [0.25, 0.3) is 0 Å². The summed E-state index contributed by atoms with van der Waals surface area (Å²) >= 11 is 0. The van der Waals surface area contributed by atoms with E-state index in [0.717, 1.165) is 24.3 Å². The van der Waals surface area contributed by atoms with Gasteiger partial charge < -0.3 is 11.1 Å². The first-order valence-corrected chi connectivity index (χ1v) is 5.71. The second-order valence-electron chi connectivity index (χ2n) is 4.12. The lowest BCUT2D eigenvalue weighted by Crippen LogP contribution is -2.11. The van der Waals surface area contributed by atoms with Crippen LogP contribution in [0, 0.1) is 18.3 Å². The fourth-order valence-corrected chi connectivity index (χ4v) is 1.67. The summed E-state index contributed by atoms with van der Waals surface area (Å²) in [6.07, 6.45) is 3.82. The Hall–Kier alpha value is -2.48. The van der Waals surface area contributed by atoms with Crippen LogP contribution in [0.2, 0.25) is 0 Å². The van der Waals surface area contributed by atoms with Crippen LogP contribution in [0.4, 0.5) is 11.4 Å². The minimum absolute atomic E-state index is 0.495. The molecule has 92 valence electrons. The van der Waals surface area contributed by atoms with E-state index in [-0.39, 0.29) is 0 Å². The standard InChI is InChI=1S/C13H15N5/c1-10-8-17-18(9-10)5-4-16-12-2-3-13(15)11(6-12)7-14/h2-3,6,8-9,16H,4-5,15H2,1H3. The Kier molecular flexibility index (Phi) is 3.49. The van der Waals surface area contributed by atoms with Gasteiger partial charge in [-0.25, -0.2) is 0 Å². The second kappa shape index (κ2) is 5.23. The summed E-state index contributed by atoms with van der Waals surface area (Å²) in [6, 6.07) is 7.42. The van der Waals surface area contributed by atoms with E-state index < -0.39 is 0 Å². The molecule has 0 fully saturated rings. The van der Waals surface area contributed by atoms with Gasteiger partial charge in [0.2, 0.25) is 0 Å².